The normalized spacial score (nSPS) is 12.7. The van der Waals surface area contributed by atoms with Gasteiger partial charge < -0.3 is 15.2 Å². The molecule has 2 N–H and O–H groups in total. The highest BCUT2D eigenvalue weighted by Gasteiger charge is 2.19. The number of carboxylic acid groups (broad SMARTS) is 1. The van der Waals surface area contributed by atoms with Crippen molar-refractivity contribution in [3.8, 4) is 5.75 Å². The highest BCUT2D eigenvalue weighted by molar-refractivity contribution is 9.10. The molecule has 1 rings (SSSR count). The summed E-state index contributed by atoms with van der Waals surface area (Å²) in [6, 6.07) is 3.38. The maximum atomic E-state index is 12.5. The molecule has 4 nitrogen and oxygen atoms in total. The van der Waals surface area contributed by atoms with Crippen LogP contribution in [0.4, 0.5) is 8.78 Å². The molecular formula is C16H22BrF2NO3. The molecule has 1 aromatic rings. The lowest BCUT2D eigenvalue weighted by Gasteiger charge is -2.18. The fourth-order valence-corrected chi connectivity index (χ4v) is 3.03. The van der Waals surface area contributed by atoms with Crippen LogP contribution in [0.15, 0.2) is 16.6 Å². The Balaban J connectivity index is 2.78. The van der Waals surface area contributed by atoms with E-state index in [-0.39, 0.29) is 24.8 Å². The minimum atomic E-state index is -2.90. The van der Waals surface area contributed by atoms with E-state index in [9.17, 15) is 18.7 Å². The summed E-state index contributed by atoms with van der Waals surface area (Å²) in [6.07, 6.45) is 0.556. The van der Waals surface area contributed by atoms with Crippen LogP contribution in [0, 0.1) is 18.8 Å². The number of carboxylic acids is 1. The highest BCUT2D eigenvalue weighted by atomic mass is 79.9. The number of aryl methyl sites for hydroxylation is 1. The van der Waals surface area contributed by atoms with E-state index in [4.69, 9.17) is 0 Å². The highest BCUT2D eigenvalue weighted by Crippen LogP contribution is 2.29. The number of nitrogens with one attached hydrogen (secondary N) is 1. The Morgan fingerprint density at radius 1 is 1.39 bits per heavy atom. The van der Waals surface area contributed by atoms with Crippen LogP contribution in [0.5, 0.6) is 5.75 Å². The summed E-state index contributed by atoms with van der Waals surface area (Å²) in [7, 11) is 0. The van der Waals surface area contributed by atoms with Crippen molar-refractivity contribution < 1.29 is 23.4 Å². The number of alkyl halides is 2. The van der Waals surface area contributed by atoms with Crippen LogP contribution in [0.25, 0.3) is 0 Å². The van der Waals surface area contributed by atoms with Gasteiger partial charge in [-0.2, -0.15) is 8.78 Å². The lowest BCUT2D eigenvalue weighted by atomic mass is 9.97. The zero-order chi connectivity index (χ0) is 17.6. The predicted molar refractivity (Wildman–Crippen MR) is 87.8 cm³/mol. The molecule has 1 atom stereocenters. The molecule has 1 aromatic carbocycles. The van der Waals surface area contributed by atoms with Crippen LogP contribution in [0.1, 0.15) is 31.4 Å². The number of aliphatic carboxylic acids is 1. The standard InChI is InChI=1S/C16H22BrF2NO3/c1-9(2)4-12(15(21)22)8-20-7-11-6-13(17)5-10(3)14(11)23-16(18)19/h5-6,9,12,16,20H,4,7-8H2,1-3H3,(H,21,22). The summed E-state index contributed by atoms with van der Waals surface area (Å²) in [5.74, 6) is -0.974. The van der Waals surface area contributed by atoms with Gasteiger partial charge in [-0.3, -0.25) is 4.79 Å². The first-order valence-corrected chi connectivity index (χ1v) is 8.17. The molecular weight excluding hydrogens is 372 g/mol. The van der Waals surface area contributed by atoms with Gasteiger partial charge in [-0.15, -0.1) is 0 Å². The van der Waals surface area contributed by atoms with Crippen LogP contribution in [0.2, 0.25) is 0 Å². The van der Waals surface area contributed by atoms with E-state index in [0.29, 0.717) is 17.5 Å². The molecule has 0 aliphatic heterocycles. The first kappa shape index (κ1) is 19.8. The molecule has 0 aliphatic rings. The Bertz CT molecular complexity index is 538. The molecule has 0 radical (unpaired) electrons. The molecule has 23 heavy (non-hydrogen) atoms. The summed E-state index contributed by atoms with van der Waals surface area (Å²) < 4.78 is 30.4. The Labute approximate surface area is 143 Å². The first-order valence-electron chi connectivity index (χ1n) is 7.38. The fraction of sp³-hybridized carbons (Fsp3) is 0.562. The summed E-state index contributed by atoms with van der Waals surface area (Å²) >= 11 is 3.33. The van der Waals surface area contributed by atoms with Crippen LogP contribution >= 0.6 is 15.9 Å². The van der Waals surface area contributed by atoms with Crippen molar-refractivity contribution in [3.63, 3.8) is 0 Å². The number of carbonyl (C=O) groups is 1. The van der Waals surface area contributed by atoms with Crippen molar-refractivity contribution in [3.05, 3.63) is 27.7 Å². The van der Waals surface area contributed by atoms with Gasteiger partial charge in [0.15, 0.2) is 0 Å². The molecule has 130 valence electrons. The summed E-state index contributed by atoms with van der Waals surface area (Å²) in [6.45, 7) is 3.23. The monoisotopic (exact) mass is 393 g/mol. The number of hydrogen-bond donors (Lipinski definition) is 2. The van der Waals surface area contributed by atoms with Crippen LogP contribution in [0.3, 0.4) is 0 Å². The van der Waals surface area contributed by atoms with E-state index >= 15 is 0 Å². The number of hydrogen-bond acceptors (Lipinski definition) is 3. The Hall–Kier alpha value is -1.21. The van der Waals surface area contributed by atoms with Crippen molar-refractivity contribution in [2.75, 3.05) is 6.54 Å². The van der Waals surface area contributed by atoms with Gasteiger partial charge in [0.1, 0.15) is 5.75 Å². The maximum absolute atomic E-state index is 12.5. The van der Waals surface area contributed by atoms with E-state index in [1.807, 2.05) is 13.8 Å². The third kappa shape index (κ3) is 6.83. The second-order valence-corrected chi connectivity index (χ2v) is 6.80. The van der Waals surface area contributed by atoms with E-state index in [1.165, 1.54) is 0 Å². The molecule has 7 heteroatoms. The smallest absolute Gasteiger partial charge is 0.387 e. The van der Waals surface area contributed by atoms with Gasteiger partial charge in [0, 0.05) is 23.1 Å². The molecule has 0 bridgehead atoms. The average Bonchev–Trinajstić information content (AvgIpc) is 2.40. The zero-order valence-corrected chi connectivity index (χ0v) is 15.0. The van der Waals surface area contributed by atoms with E-state index in [1.54, 1.807) is 19.1 Å². The molecule has 0 aromatic heterocycles. The van der Waals surface area contributed by atoms with Gasteiger partial charge >= 0.3 is 12.6 Å². The molecule has 1 unspecified atom stereocenters. The number of benzene rings is 1. The number of halogens is 3. The van der Waals surface area contributed by atoms with Gasteiger partial charge in [-0.1, -0.05) is 29.8 Å². The van der Waals surface area contributed by atoms with Crippen molar-refractivity contribution >= 4 is 21.9 Å². The van der Waals surface area contributed by atoms with E-state index < -0.39 is 18.5 Å². The Kier molecular flexibility index (Phi) is 7.91. The van der Waals surface area contributed by atoms with Gasteiger partial charge in [-0.05, 0) is 37.0 Å². The van der Waals surface area contributed by atoms with Crippen molar-refractivity contribution in [1.82, 2.24) is 5.32 Å². The lowest BCUT2D eigenvalue weighted by molar-refractivity contribution is -0.142. The second-order valence-electron chi connectivity index (χ2n) is 5.89. The van der Waals surface area contributed by atoms with Crippen LogP contribution in [-0.2, 0) is 11.3 Å². The van der Waals surface area contributed by atoms with Crippen molar-refractivity contribution in [1.29, 1.82) is 0 Å². The lowest BCUT2D eigenvalue weighted by Crippen LogP contribution is -2.29. The van der Waals surface area contributed by atoms with Crippen molar-refractivity contribution in [2.24, 2.45) is 11.8 Å². The summed E-state index contributed by atoms with van der Waals surface area (Å²) in [4.78, 5) is 11.2. The molecule has 0 heterocycles. The van der Waals surface area contributed by atoms with Crippen LogP contribution < -0.4 is 10.1 Å². The third-order valence-electron chi connectivity index (χ3n) is 3.33. The molecule has 0 aliphatic carbocycles. The van der Waals surface area contributed by atoms with E-state index in [0.717, 1.165) is 4.47 Å². The minimum Gasteiger partial charge on any atom is -0.481 e. The average molecular weight is 394 g/mol. The first-order chi connectivity index (χ1) is 10.7. The molecule has 0 fully saturated rings. The SMILES string of the molecule is Cc1cc(Br)cc(CNCC(CC(C)C)C(=O)O)c1OC(F)F. The summed E-state index contributed by atoms with van der Waals surface area (Å²) in [5, 5.41) is 12.2. The molecule has 0 amide bonds. The van der Waals surface area contributed by atoms with Crippen molar-refractivity contribution in [2.45, 2.75) is 40.3 Å². The topological polar surface area (TPSA) is 58.6 Å². The van der Waals surface area contributed by atoms with E-state index in [2.05, 4.69) is 26.0 Å². The predicted octanol–water partition coefficient (Wildman–Crippen LogP) is 4.20. The summed E-state index contributed by atoms with van der Waals surface area (Å²) in [5.41, 5.74) is 1.15. The Morgan fingerprint density at radius 2 is 2.04 bits per heavy atom. The fourth-order valence-electron chi connectivity index (χ4n) is 2.41. The third-order valence-corrected chi connectivity index (χ3v) is 3.79. The zero-order valence-electron chi connectivity index (χ0n) is 13.4. The van der Waals surface area contributed by atoms with Gasteiger partial charge in [-0.25, -0.2) is 0 Å². The Morgan fingerprint density at radius 3 is 2.57 bits per heavy atom. The molecule has 0 spiro atoms. The maximum Gasteiger partial charge on any atom is 0.387 e. The second kappa shape index (κ2) is 9.17. The largest absolute Gasteiger partial charge is 0.481 e. The quantitative estimate of drug-likeness (QED) is 0.659. The molecule has 0 saturated heterocycles. The minimum absolute atomic E-state index is 0.131. The molecule has 0 saturated carbocycles. The van der Waals surface area contributed by atoms with Gasteiger partial charge in [0.05, 0.1) is 5.92 Å². The number of ether oxygens (including phenoxy) is 1. The van der Waals surface area contributed by atoms with Gasteiger partial charge in [0.25, 0.3) is 0 Å². The number of rotatable bonds is 9. The van der Waals surface area contributed by atoms with Crippen LogP contribution in [-0.4, -0.2) is 24.2 Å². The van der Waals surface area contributed by atoms with Gasteiger partial charge in [0.2, 0.25) is 0 Å².